The summed E-state index contributed by atoms with van der Waals surface area (Å²) in [6, 6.07) is 12.1. The van der Waals surface area contributed by atoms with E-state index in [-0.39, 0.29) is 17.2 Å². The van der Waals surface area contributed by atoms with Crippen molar-refractivity contribution in [3.05, 3.63) is 79.6 Å². The number of nitrogens with zero attached hydrogens (tertiary/aromatic N) is 1. The van der Waals surface area contributed by atoms with E-state index in [4.69, 9.17) is 27.6 Å². The van der Waals surface area contributed by atoms with Crippen molar-refractivity contribution >= 4 is 40.1 Å². The molecule has 1 atom stereocenters. The number of hydrogen-bond acceptors (Lipinski definition) is 4. The summed E-state index contributed by atoms with van der Waals surface area (Å²) in [4.78, 5) is 27.7. The van der Waals surface area contributed by atoms with Gasteiger partial charge in [0.15, 0.2) is 11.2 Å². The zero-order chi connectivity index (χ0) is 22.0. The third-order valence-electron chi connectivity index (χ3n) is 5.78. The molecule has 31 heavy (non-hydrogen) atoms. The summed E-state index contributed by atoms with van der Waals surface area (Å²) in [6.45, 7) is 4.10. The zero-order valence-corrected chi connectivity index (χ0v) is 18.8. The van der Waals surface area contributed by atoms with Gasteiger partial charge in [0.25, 0.3) is 5.91 Å². The van der Waals surface area contributed by atoms with E-state index in [1.54, 1.807) is 12.1 Å². The molecule has 1 aliphatic heterocycles. The Hall–Kier alpha value is -2.34. The molecule has 0 radical (unpaired) electrons. The van der Waals surface area contributed by atoms with Gasteiger partial charge in [-0.3, -0.25) is 14.5 Å². The second-order valence-electron chi connectivity index (χ2n) is 7.92. The Morgan fingerprint density at radius 3 is 2.58 bits per heavy atom. The van der Waals surface area contributed by atoms with Crippen molar-refractivity contribution in [3.63, 3.8) is 0 Å². The van der Waals surface area contributed by atoms with Gasteiger partial charge in [-0.15, -0.1) is 0 Å². The number of halogens is 2. The lowest BCUT2D eigenvalue weighted by Gasteiger charge is -2.35. The van der Waals surface area contributed by atoms with E-state index in [1.165, 1.54) is 12.5 Å². The highest BCUT2D eigenvalue weighted by atomic mass is 35.5. The van der Waals surface area contributed by atoms with Gasteiger partial charge in [0.1, 0.15) is 5.58 Å². The maximum atomic E-state index is 12.9. The van der Waals surface area contributed by atoms with Gasteiger partial charge < -0.3 is 9.73 Å². The number of hydrogen-bond donors (Lipinski definition) is 1. The average molecular weight is 459 g/mol. The van der Waals surface area contributed by atoms with E-state index in [1.807, 2.05) is 31.2 Å². The minimum Gasteiger partial charge on any atom is -0.451 e. The van der Waals surface area contributed by atoms with E-state index in [0.29, 0.717) is 27.6 Å². The van der Waals surface area contributed by atoms with Crippen molar-refractivity contribution < 1.29 is 9.21 Å². The number of fused-ring (bicyclic) bond motifs is 1. The molecule has 1 amide bonds. The van der Waals surface area contributed by atoms with Crippen molar-refractivity contribution in [2.24, 2.45) is 0 Å². The van der Waals surface area contributed by atoms with Gasteiger partial charge in [0.2, 0.25) is 0 Å². The minimum absolute atomic E-state index is 0.0178. The van der Waals surface area contributed by atoms with Crippen LogP contribution in [0.25, 0.3) is 11.0 Å². The first-order chi connectivity index (χ1) is 14.9. The van der Waals surface area contributed by atoms with Gasteiger partial charge >= 0.3 is 0 Å². The third-order valence-corrected chi connectivity index (χ3v) is 6.54. The number of rotatable bonds is 5. The molecule has 162 valence electrons. The van der Waals surface area contributed by atoms with E-state index in [9.17, 15) is 9.59 Å². The fraction of sp³-hybridized carbons (Fsp3) is 0.333. The Balaban J connectivity index is 1.58. The first-order valence-corrected chi connectivity index (χ1v) is 11.2. The molecule has 1 N–H and O–H groups in total. The van der Waals surface area contributed by atoms with Crippen LogP contribution < -0.4 is 10.7 Å². The quantitative estimate of drug-likeness (QED) is 0.558. The van der Waals surface area contributed by atoms with Crippen LogP contribution in [0.15, 0.2) is 51.7 Å². The van der Waals surface area contributed by atoms with E-state index < -0.39 is 5.91 Å². The Morgan fingerprint density at radius 1 is 1.10 bits per heavy atom. The molecule has 5 nitrogen and oxygen atoms in total. The molecule has 1 aromatic heterocycles. The number of aryl methyl sites for hydroxylation is 1. The summed E-state index contributed by atoms with van der Waals surface area (Å²) in [7, 11) is 0. The fourth-order valence-corrected chi connectivity index (χ4v) is 4.50. The smallest absolute Gasteiger partial charge is 0.287 e. The fourth-order valence-electron chi connectivity index (χ4n) is 4.08. The van der Waals surface area contributed by atoms with Crippen LogP contribution in [-0.2, 0) is 0 Å². The summed E-state index contributed by atoms with van der Waals surface area (Å²) in [5.41, 5.74) is 1.81. The number of carbonyl (C=O) groups excluding carboxylic acids is 1. The average Bonchev–Trinajstić information content (AvgIpc) is 2.77. The van der Waals surface area contributed by atoms with Crippen molar-refractivity contribution in [2.75, 3.05) is 19.6 Å². The topological polar surface area (TPSA) is 62.6 Å². The number of benzene rings is 2. The second kappa shape index (κ2) is 9.43. The molecule has 7 heteroatoms. The lowest BCUT2D eigenvalue weighted by Crippen LogP contribution is -2.40. The molecular formula is C24H24Cl2N2O3. The molecule has 3 aromatic rings. The van der Waals surface area contributed by atoms with Crippen LogP contribution in [0.2, 0.25) is 10.0 Å². The zero-order valence-electron chi connectivity index (χ0n) is 17.3. The molecule has 0 spiro atoms. The number of amides is 1. The van der Waals surface area contributed by atoms with Crippen molar-refractivity contribution in [1.29, 1.82) is 0 Å². The molecule has 0 aliphatic carbocycles. The molecule has 0 saturated carbocycles. The lowest BCUT2D eigenvalue weighted by atomic mass is 10.0. The second-order valence-corrected chi connectivity index (χ2v) is 8.73. The standard InChI is InChI=1S/C24H24Cl2N2O3/c1-15-11-22-17(12-19(15)26)21(29)13-23(31-22)24(30)27-14-20(28-9-5-2-6-10-28)16-7-3-4-8-18(16)25/h3-4,7-8,11-13,20H,2,5-6,9-10,14H2,1H3,(H,27,30). The predicted octanol–water partition coefficient (Wildman–Crippen LogP) is 5.37. The molecular weight excluding hydrogens is 435 g/mol. The van der Waals surface area contributed by atoms with Gasteiger partial charge in [0.05, 0.1) is 11.4 Å². The molecule has 1 fully saturated rings. The van der Waals surface area contributed by atoms with Crippen LogP contribution in [0.1, 0.15) is 47.0 Å². The van der Waals surface area contributed by atoms with Crippen LogP contribution in [0.4, 0.5) is 0 Å². The Kier molecular flexibility index (Phi) is 6.65. The van der Waals surface area contributed by atoms with E-state index >= 15 is 0 Å². The predicted molar refractivity (Wildman–Crippen MR) is 124 cm³/mol. The maximum absolute atomic E-state index is 12.9. The molecule has 1 saturated heterocycles. The molecule has 2 heterocycles. The molecule has 2 aromatic carbocycles. The molecule has 1 unspecified atom stereocenters. The van der Waals surface area contributed by atoms with E-state index in [0.717, 1.165) is 37.1 Å². The minimum atomic E-state index is -0.430. The Labute approximate surface area is 190 Å². The van der Waals surface area contributed by atoms with Gasteiger partial charge in [0, 0.05) is 22.7 Å². The number of likely N-dealkylation sites (tertiary alicyclic amines) is 1. The number of piperidine rings is 1. The van der Waals surface area contributed by atoms with Crippen LogP contribution in [-0.4, -0.2) is 30.4 Å². The summed E-state index contributed by atoms with van der Waals surface area (Å²) < 4.78 is 5.74. The monoisotopic (exact) mass is 458 g/mol. The number of nitrogens with one attached hydrogen (secondary N) is 1. The summed E-state index contributed by atoms with van der Waals surface area (Å²) >= 11 is 12.6. The largest absolute Gasteiger partial charge is 0.451 e. The lowest BCUT2D eigenvalue weighted by molar-refractivity contribution is 0.0897. The van der Waals surface area contributed by atoms with Crippen LogP contribution in [0, 0.1) is 6.92 Å². The Morgan fingerprint density at radius 2 is 1.84 bits per heavy atom. The van der Waals surface area contributed by atoms with Crippen molar-refractivity contribution in [1.82, 2.24) is 10.2 Å². The van der Waals surface area contributed by atoms with Crippen LogP contribution >= 0.6 is 23.2 Å². The maximum Gasteiger partial charge on any atom is 0.287 e. The highest BCUT2D eigenvalue weighted by Gasteiger charge is 2.25. The normalized spacial score (nSPS) is 15.7. The first kappa shape index (κ1) is 21.9. The molecule has 0 bridgehead atoms. The van der Waals surface area contributed by atoms with E-state index in [2.05, 4.69) is 10.2 Å². The summed E-state index contributed by atoms with van der Waals surface area (Å²) in [5.74, 6) is -0.448. The number of carbonyl (C=O) groups is 1. The first-order valence-electron chi connectivity index (χ1n) is 10.4. The Bertz CT molecular complexity index is 1170. The van der Waals surface area contributed by atoms with Gasteiger partial charge in [-0.1, -0.05) is 47.8 Å². The summed E-state index contributed by atoms with van der Waals surface area (Å²) in [6.07, 6.45) is 3.45. The van der Waals surface area contributed by atoms with Gasteiger partial charge in [-0.2, -0.15) is 0 Å². The summed E-state index contributed by atoms with van der Waals surface area (Å²) in [5, 5.41) is 4.46. The van der Waals surface area contributed by atoms with Gasteiger partial charge in [-0.25, -0.2) is 0 Å². The molecule has 1 aliphatic rings. The van der Waals surface area contributed by atoms with Crippen molar-refractivity contribution in [2.45, 2.75) is 32.2 Å². The SMILES string of the molecule is Cc1cc2oc(C(=O)NCC(c3ccccc3Cl)N3CCCCC3)cc(=O)c2cc1Cl. The van der Waals surface area contributed by atoms with Crippen molar-refractivity contribution in [3.8, 4) is 0 Å². The molecule has 4 rings (SSSR count). The highest BCUT2D eigenvalue weighted by molar-refractivity contribution is 6.32. The van der Waals surface area contributed by atoms with Gasteiger partial charge in [-0.05, 0) is 62.2 Å². The van der Waals surface area contributed by atoms with Crippen LogP contribution in [0.3, 0.4) is 0 Å². The van der Waals surface area contributed by atoms with Crippen LogP contribution in [0.5, 0.6) is 0 Å². The third kappa shape index (κ3) is 4.79. The highest BCUT2D eigenvalue weighted by Crippen LogP contribution is 2.29.